The molecule has 0 aliphatic rings. The van der Waals surface area contributed by atoms with Crippen LogP contribution in [0.3, 0.4) is 0 Å². The van der Waals surface area contributed by atoms with E-state index in [1.54, 1.807) is 23.0 Å². The van der Waals surface area contributed by atoms with Gasteiger partial charge < -0.3 is 4.42 Å². The highest BCUT2D eigenvalue weighted by molar-refractivity contribution is 5.93. The number of hydrazone groups is 1. The van der Waals surface area contributed by atoms with Crippen molar-refractivity contribution in [3.05, 3.63) is 96.1 Å². The van der Waals surface area contributed by atoms with Crippen LogP contribution in [0, 0.1) is 6.92 Å². The summed E-state index contributed by atoms with van der Waals surface area (Å²) in [5, 5.41) is 8.79. The smallest absolute Gasteiger partial charge is 0.307 e. The first kappa shape index (κ1) is 17.5. The first-order chi connectivity index (χ1) is 13.7. The van der Waals surface area contributed by atoms with E-state index < -0.39 is 5.91 Å². The Morgan fingerprint density at radius 2 is 1.86 bits per heavy atom. The average Bonchev–Trinajstić information content (AvgIpc) is 3.40. The summed E-state index contributed by atoms with van der Waals surface area (Å²) < 4.78 is 6.86. The Bertz CT molecular complexity index is 1100. The van der Waals surface area contributed by atoms with E-state index in [9.17, 15) is 4.79 Å². The molecular weight excluding hydrogens is 352 g/mol. The van der Waals surface area contributed by atoms with Gasteiger partial charge in [-0.1, -0.05) is 48.0 Å². The summed E-state index contributed by atoms with van der Waals surface area (Å²) in [7, 11) is 0. The minimum atomic E-state index is -0.409. The lowest BCUT2D eigenvalue weighted by Crippen LogP contribution is -2.16. The quantitative estimate of drug-likeness (QED) is 0.423. The highest BCUT2D eigenvalue weighted by Crippen LogP contribution is 2.23. The number of aryl methyl sites for hydroxylation is 1. The first-order valence-electron chi connectivity index (χ1n) is 8.80. The number of benzene rings is 2. The van der Waals surface area contributed by atoms with E-state index in [1.807, 2.05) is 67.7 Å². The van der Waals surface area contributed by atoms with E-state index in [2.05, 4.69) is 10.5 Å². The molecule has 28 heavy (non-hydrogen) atoms. The van der Waals surface area contributed by atoms with Gasteiger partial charge in [-0.25, -0.2) is 10.1 Å². The van der Waals surface area contributed by atoms with Crippen LogP contribution in [0.4, 0.5) is 0 Å². The predicted molar refractivity (Wildman–Crippen MR) is 108 cm³/mol. The molecule has 138 valence electrons. The lowest BCUT2D eigenvalue weighted by atomic mass is 10.1. The molecule has 2 aromatic heterocycles. The van der Waals surface area contributed by atoms with Crippen molar-refractivity contribution in [3.63, 3.8) is 0 Å². The molecule has 6 nitrogen and oxygen atoms in total. The predicted octanol–water partition coefficient (Wildman–Crippen LogP) is 4.20. The number of rotatable bonds is 5. The van der Waals surface area contributed by atoms with Crippen molar-refractivity contribution in [2.24, 2.45) is 5.10 Å². The van der Waals surface area contributed by atoms with Gasteiger partial charge in [-0.15, -0.1) is 0 Å². The summed E-state index contributed by atoms with van der Waals surface area (Å²) in [4.78, 5) is 12.0. The number of hydrogen-bond donors (Lipinski definition) is 1. The Balaban J connectivity index is 1.66. The highest BCUT2D eigenvalue weighted by Gasteiger charge is 2.12. The number of para-hydroxylation sites is 1. The number of aromatic nitrogens is 2. The van der Waals surface area contributed by atoms with Crippen LogP contribution in [0.5, 0.6) is 0 Å². The van der Waals surface area contributed by atoms with Gasteiger partial charge in [-0.2, -0.15) is 10.2 Å². The summed E-state index contributed by atoms with van der Waals surface area (Å²) in [6.45, 7) is 2.04. The minimum absolute atomic E-state index is 0.205. The molecule has 0 fully saturated rings. The van der Waals surface area contributed by atoms with Gasteiger partial charge in [0.05, 0.1) is 18.2 Å². The molecule has 1 amide bonds. The van der Waals surface area contributed by atoms with E-state index in [1.165, 1.54) is 11.8 Å². The van der Waals surface area contributed by atoms with Crippen LogP contribution in [0.25, 0.3) is 16.9 Å². The Morgan fingerprint density at radius 1 is 1.07 bits per heavy atom. The van der Waals surface area contributed by atoms with Gasteiger partial charge in [0.1, 0.15) is 5.69 Å². The van der Waals surface area contributed by atoms with E-state index in [-0.39, 0.29) is 5.76 Å². The first-order valence-corrected chi connectivity index (χ1v) is 8.80. The molecule has 2 aromatic carbocycles. The summed E-state index contributed by atoms with van der Waals surface area (Å²) in [5.41, 5.74) is 7.12. The third-order valence-corrected chi connectivity index (χ3v) is 4.20. The van der Waals surface area contributed by atoms with Crippen LogP contribution < -0.4 is 5.43 Å². The molecule has 4 rings (SSSR count). The van der Waals surface area contributed by atoms with Gasteiger partial charge in [0, 0.05) is 17.3 Å². The van der Waals surface area contributed by atoms with Crippen LogP contribution in [0.1, 0.15) is 21.7 Å². The molecule has 0 radical (unpaired) electrons. The molecule has 0 atom stereocenters. The Labute approximate surface area is 162 Å². The number of nitrogens with one attached hydrogen (secondary N) is 1. The summed E-state index contributed by atoms with van der Waals surface area (Å²) in [5.74, 6) is -0.204. The molecule has 0 bridgehead atoms. The average molecular weight is 370 g/mol. The van der Waals surface area contributed by atoms with Crippen molar-refractivity contribution in [2.75, 3.05) is 0 Å². The Hall–Kier alpha value is -3.93. The normalized spacial score (nSPS) is 11.0. The van der Waals surface area contributed by atoms with Gasteiger partial charge in [-0.05, 0) is 31.2 Å². The van der Waals surface area contributed by atoms with Crippen molar-refractivity contribution >= 4 is 12.1 Å². The second-order valence-corrected chi connectivity index (χ2v) is 6.26. The third kappa shape index (κ3) is 3.76. The number of hydrogen-bond acceptors (Lipinski definition) is 4. The lowest BCUT2D eigenvalue weighted by Gasteiger charge is -2.01. The Kier molecular flexibility index (Phi) is 4.84. The number of furan rings is 1. The van der Waals surface area contributed by atoms with Crippen molar-refractivity contribution in [1.29, 1.82) is 0 Å². The van der Waals surface area contributed by atoms with E-state index in [4.69, 9.17) is 9.52 Å². The van der Waals surface area contributed by atoms with Crippen molar-refractivity contribution in [3.8, 4) is 16.9 Å². The van der Waals surface area contributed by atoms with E-state index in [0.717, 1.165) is 22.5 Å². The zero-order valence-electron chi connectivity index (χ0n) is 15.2. The molecule has 0 saturated carbocycles. The number of amides is 1. The zero-order chi connectivity index (χ0) is 19.3. The number of nitrogens with zero attached hydrogens (tertiary/aromatic N) is 3. The molecular formula is C22H18N4O2. The summed E-state index contributed by atoms with van der Waals surface area (Å²) in [6, 6.07) is 21.2. The maximum absolute atomic E-state index is 12.0. The van der Waals surface area contributed by atoms with Gasteiger partial charge in [0.15, 0.2) is 5.76 Å². The van der Waals surface area contributed by atoms with Crippen LogP contribution in [0.15, 0.2) is 88.7 Å². The number of carbonyl (C=O) groups excluding carboxylic acids is 1. The largest absolute Gasteiger partial charge is 0.459 e. The van der Waals surface area contributed by atoms with Crippen LogP contribution in [-0.4, -0.2) is 21.9 Å². The molecule has 1 N–H and O–H groups in total. The summed E-state index contributed by atoms with van der Waals surface area (Å²) in [6.07, 6.45) is 4.91. The molecule has 0 saturated heterocycles. The fraction of sp³-hybridized carbons (Fsp3) is 0.0455. The molecule has 0 spiro atoms. The standard InChI is InChI=1S/C22H18N4O2/c1-16-9-11-17(12-10-16)21-18(14-23-24-22(27)20-8-5-13-28-20)15-26(25-21)19-6-3-2-4-7-19/h2-15H,1H3,(H,24,27)/b23-14-. The minimum Gasteiger partial charge on any atom is -0.459 e. The molecule has 2 heterocycles. The van der Waals surface area contributed by atoms with Gasteiger partial charge >= 0.3 is 5.91 Å². The zero-order valence-corrected chi connectivity index (χ0v) is 15.2. The third-order valence-electron chi connectivity index (χ3n) is 4.20. The van der Waals surface area contributed by atoms with Gasteiger partial charge in [-0.3, -0.25) is 4.79 Å². The molecule has 0 aliphatic heterocycles. The maximum atomic E-state index is 12.0. The van der Waals surface area contributed by atoms with Crippen molar-refractivity contribution in [1.82, 2.24) is 15.2 Å². The molecule has 0 unspecified atom stereocenters. The fourth-order valence-electron chi connectivity index (χ4n) is 2.75. The second-order valence-electron chi connectivity index (χ2n) is 6.26. The van der Waals surface area contributed by atoms with E-state index in [0.29, 0.717) is 0 Å². The van der Waals surface area contributed by atoms with Gasteiger partial charge in [0.25, 0.3) is 0 Å². The molecule has 6 heteroatoms. The topological polar surface area (TPSA) is 72.4 Å². The van der Waals surface area contributed by atoms with E-state index >= 15 is 0 Å². The highest BCUT2D eigenvalue weighted by atomic mass is 16.3. The second kappa shape index (κ2) is 7.75. The maximum Gasteiger partial charge on any atom is 0.307 e. The number of carbonyl (C=O) groups is 1. The van der Waals surface area contributed by atoms with Crippen LogP contribution in [0.2, 0.25) is 0 Å². The van der Waals surface area contributed by atoms with Crippen LogP contribution in [-0.2, 0) is 0 Å². The molecule has 4 aromatic rings. The van der Waals surface area contributed by atoms with Crippen molar-refractivity contribution in [2.45, 2.75) is 6.92 Å². The summed E-state index contributed by atoms with van der Waals surface area (Å²) >= 11 is 0. The Morgan fingerprint density at radius 3 is 2.57 bits per heavy atom. The SMILES string of the molecule is Cc1ccc(-c2nn(-c3ccccc3)cc2/C=N\NC(=O)c2ccco2)cc1. The fourth-order valence-corrected chi connectivity index (χ4v) is 2.75. The van der Waals surface area contributed by atoms with Crippen molar-refractivity contribution < 1.29 is 9.21 Å². The monoisotopic (exact) mass is 370 g/mol. The lowest BCUT2D eigenvalue weighted by molar-refractivity contribution is 0.0927. The van der Waals surface area contributed by atoms with Crippen LogP contribution >= 0.6 is 0 Å². The van der Waals surface area contributed by atoms with Gasteiger partial charge in [0.2, 0.25) is 0 Å². The molecule has 0 aliphatic carbocycles.